The van der Waals surface area contributed by atoms with Crippen LogP contribution in [0.2, 0.25) is 5.02 Å². The number of ether oxygens (including phenoxy) is 1. The summed E-state index contributed by atoms with van der Waals surface area (Å²) in [5.74, 6) is 1.19. The van der Waals surface area contributed by atoms with Crippen LogP contribution in [0, 0.1) is 0 Å². The number of para-hydroxylation sites is 1. The van der Waals surface area contributed by atoms with E-state index in [9.17, 15) is 4.79 Å². The molecule has 1 aliphatic carbocycles. The molecule has 2 aromatic carbocycles. The van der Waals surface area contributed by atoms with Gasteiger partial charge in [0.15, 0.2) is 0 Å². The maximum Gasteiger partial charge on any atom is 0.248 e. The van der Waals surface area contributed by atoms with Gasteiger partial charge < -0.3 is 25.3 Å². The van der Waals surface area contributed by atoms with Crippen LogP contribution in [0.15, 0.2) is 73.1 Å². The van der Waals surface area contributed by atoms with Crippen LogP contribution in [0.1, 0.15) is 25.7 Å². The van der Waals surface area contributed by atoms with Crippen molar-refractivity contribution in [3.63, 3.8) is 0 Å². The number of aromatic amines is 1. The lowest BCUT2D eigenvalue weighted by Crippen LogP contribution is -2.33. The Morgan fingerprint density at radius 3 is 2.82 bits per heavy atom. The van der Waals surface area contributed by atoms with E-state index in [2.05, 4.69) is 26.7 Å². The van der Waals surface area contributed by atoms with Crippen molar-refractivity contribution in [1.29, 1.82) is 0 Å². The van der Waals surface area contributed by atoms with Gasteiger partial charge in [-0.25, -0.2) is 9.97 Å². The van der Waals surface area contributed by atoms with Crippen molar-refractivity contribution in [3.8, 4) is 17.0 Å². The van der Waals surface area contributed by atoms with E-state index in [-0.39, 0.29) is 18.1 Å². The number of nitrogens with zero attached hydrogens (tertiary/aromatic N) is 3. The van der Waals surface area contributed by atoms with Crippen LogP contribution in [-0.4, -0.2) is 58.5 Å². The lowest BCUT2D eigenvalue weighted by molar-refractivity contribution is -0.111. The number of carbonyl (C=O) groups excluding carboxylic acids is 1. The molecule has 0 bridgehead atoms. The van der Waals surface area contributed by atoms with E-state index in [1.165, 1.54) is 0 Å². The summed E-state index contributed by atoms with van der Waals surface area (Å²) < 4.78 is 6.29. The van der Waals surface area contributed by atoms with Gasteiger partial charge >= 0.3 is 0 Å². The van der Waals surface area contributed by atoms with E-state index < -0.39 is 0 Å². The van der Waals surface area contributed by atoms with Crippen molar-refractivity contribution in [1.82, 2.24) is 19.9 Å². The number of rotatable bonds is 9. The number of aromatic nitrogens is 3. The molecule has 1 aliphatic rings. The smallest absolute Gasteiger partial charge is 0.248 e. The molecule has 1 saturated carbocycles. The Kier molecular flexibility index (Phi) is 8.44. The molecule has 0 aliphatic heterocycles. The summed E-state index contributed by atoms with van der Waals surface area (Å²) in [5.41, 5.74) is 3.43. The van der Waals surface area contributed by atoms with Crippen LogP contribution in [0.25, 0.3) is 22.2 Å². The van der Waals surface area contributed by atoms with E-state index in [1.54, 1.807) is 12.3 Å². The molecule has 8 nitrogen and oxygen atoms in total. The van der Waals surface area contributed by atoms with Crippen LogP contribution in [0.4, 0.5) is 11.6 Å². The Bertz CT molecular complexity index is 1450. The number of H-pyrrole nitrogens is 1. The summed E-state index contributed by atoms with van der Waals surface area (Å²) in [5, 5.41) is 7.96. The Hall–Kier alpha value is -3.88. The summed E-state index contributed by atoms with van der Waals surface area (Å²) in [6, 6.07) is 15.8. The molecule has 2 aromatic heterocycles. The highest BCUT2D eigenvalue weighted by Crippen LogP contribution is 2.33. The lowest BCUT2D eigenvalue weighted by Gasteiger charge is -2.30. The number of likely N-dealkylation sites (N-methyl/N-ethyl adjacent to an activating group) is 1. The van der Waals surface area contributed by atoms with Gasteiger partial charge in [0.25, 0.3) is 0 Å². The molecule has 0 spiro atoms. The van der Waals surface area contributed by atoms with Gasteiger partial charge in [-0.2, -0.15) is 0 Å². The Balaban J connectivity index is 1.18. The van der Waals surface area contributed by atoms with Gasteiger partial charge in [-0.15, -0.1) is 0 Å². The molecule has 39 heavy (non-hydrogen) atoms. The molecule has 0 unspecified atom stereocenters. The molecule has 3 N–H and O–H groups in total. The van der Waals surface area contributed by atoms with Crippen molar-refractivity contribution >= 4 is 40.0 Å². The summed E-state index contributed by atoms with van der Waals surface area (Å²) in [6.07, 6.45) is 10.9. The number of hydrogen-bond donors (Lipinski definition) is 3. The molecule has 202 valence electrons. The maximum absolute atomic E-state index is 12.1. The monoisotopic (exact) mass is 544 g/mol. The maximum atomic E-state index is 12.1. The fourth-order valence-electron chi connectivity index (χ4n) is 4.82. The number of nitrogens with one attached hydrogen (secondary N) is 3. The van der Waals surface area contributed by atoms with Crippen molar-refractivity contribution in [3.05, 3.63) is 78.1 Å². The standard InChI is InChI=1S/C30H33ClN6O2/c1-37(2)16-6-11-28(38)34-20-12-14-22(15-13-20)39-23-8-5-7-21(17-23)35-30-33-19-26(31)29(36-30)25-18-32-27-10-4-3-9-24(25)27/h3-4,6,9-15,18-19,21,23,32H,5,7-8,16-17H2,1-2H3,(H,34,38)(H,33,35,36)/b11-6+/t21-,23+/m1/s1. The highest BCUT2D eigenvalue weighted by atomic mass is 35.5. The van der Waals surface area contributed by atoms with Crippen molar-refractivity contribution in [2.24, 2.45) is 0 Å². The molecular formula is C30H33ClN6O2. The van der Waals surface area contributed by atoms with Crippen LogP contribution in [0.5, 0.6) is 5.75 Å². The largest absolute Gasteiger partial charge is 0.490 e. The third kappa shape index (κ3) is 6.96. The molecule has 5 rings (SSSR count). The summed E-state index contributed by atoms with van der Waals surface area (Å²) in [4.78, 5) is 26.6. The first kappa shape index (κ1) is 26.7. The third-order valence-electron chi connectivity index (χ3n) is 6.71. The quantitative estimate of drug-likeness (QED) is 0.219. The van der Waals surface area contributed by atoms with Crippen LogP contribution in [0.3, 0.4) is 0 Å². The first-order valence-corrected chi connectivity index (χ1v) is 13.6. The van der Waals surface area contributed by atoms with Crippen LogP contribution in [-0.2, 0) is 4.79 Å². The third-order valence-corrected chi connectivity index (χ3v) is 6.99. The lowest BCUT2D eigenvalue weighted by atomic mass is 9.93. The van der Waals surface area contributed by atoms with Crippen molar-refractivity contribution in [2.75, 3.05) is 31.3 Å². The Labute approximate surface area is 233 Å². The van der Waals surface area contributed by atoms with Gasteiger partial charge in [0.2, 0.25) is 11.9 Å². The second-order valence-electron chi connectivity index (χ2n) is 10.1. The van der Waals surface area contributed by atoms with Crippen molar-refractivity contribution < 1.29 is 9.53 Å². The number of halogens is 1. The molecule has 4 aromatic rings. The molecule has 2 heterocycles. The van der Waals surface area contributed by atoms with Crippen LogP contribution < -0.4 is 15.4 Å². The number of hydrogen-bond acceptors (Lipinski definition) is 6. The van der Waals surface area contributed by atoms with Gasteiger partial charge in [-0.05, 0) is 63.7 Å². The first-order chi connectivity index (χ1) is 18.9. The second-order valence-corrected chi connectivity index (χ2v) is 10.5. The summed E-state index contributed by atoms with van der Waals surface area (Å²) in [6.45, 7) is 0.715. The number of benzene rings is 2. The van der Waals surface area contributed by atoms with Crippen LogP contribution >= 0.6 is 11.6 Å². The van der Waals surface area contributed by atoms with E-state index in [4.69, 9.17) is 21.3 Å². The average molecular weight is 545 g/mol. The zero-order valence-corrected chi connectivity index (χ0v) is 22.9. The second kappa shape index (κ2) is 12.3. The molecule has 1 amide bonds. The summed E-state index contributed by atoms with van der Waals surface area (Å²) in [7, 11) is 3.92. The highest BCUT2D eigenvalue weighted by molar-refractivity contribution is 6.33. The molecule has 0 radical (unpaired) electrons. The molecule has 1 fully saturated rings. The molecule has 2 atom stereocenters. The zero-order chi connectivity index (χ0) is 27.2. The predicted molar refractivity (Wildman–Crippen MR) is 157 cm³/mol. The Morgan fingerprint density at radius 2 is 2.00 bits per heavy atom. The van der Waals surface area contributed by atoms with Gasteiger partial charge in [-0.1, -0.05) is 35.9 Å². The van der Waals surface area contributed by atoms with E-state index in [1.807, 2.05) is 73.7 Å². The number of anilines is 2. The first-order valence-electron chi connectivity index (χ1n) is 13.2. The number of amides is 1. The van der Waals surface area contributed by atoms with Gasteiger partial charge in [0.1, 0.15) is 11.9 Å². The normalized spacial score (nSPS) is 17.5. The molecular weight excluding hydrogens is 512 g/mol. The number of fused-ring (bicyclic) bond motifs is 1. The van der Waals surface area contributed by atoms with E-state index in [0.717, 1.165) is 53.6 Å². The van der Waals surface area contributed by atoms with Gasteiger partial charge in [0, 0.05) is 53.4 Å². The zero-order valence-electron chi connectivity index (χ0n) is 22.2. The fourth-order valence-corrected chi connectivity index (χ4v) is 5.02. The summed E-state index contributed by atoms with van der Waals surface area (Å²) >= 11 is 6.50. The fraction of sp³-hybridized carbons (Fsp3) is 0.300. The highest BCUT2D eigenvalue weighted by Gasteiger charge is 2.24. The molecule has 9 heteroatoms. The van der Waals surface area contributed by atoms with Gasteiger partial charge in [-0.3, -0.25) is 4.79 Å². The minimum absolute atomic E-state index is 0.0750. The minimum atomic E-state index is -0.149. The van der Waals surface area contributed by atoms with E-state index >= 15 is 0 Å². The van der Waals surface area contributed by atoms with Gasteiger partial charge in [0.05, 0.1) is 16.9 Å². The number of carbonyl (C=O) groups is 1. The van der Waals surface area contributed by atoms with E-state index in [0.29, 0.717) is 23.2 Å². The SMILES string of the molecule is CN(C)C/C=C/C(=O)Nc1ccc(O[C@H]2CCC[C@@H](Nc3ncc(Cl)c(-c4c[nH]c5ccccc45)n3)C2)cc1. The molecule has 0 saturated heterocycles. The average Bonchev–Trinajstić information content (AvgIpc) is 3.35. The minimum Gasteiger partial charge on any atom is -0.490 e. The topological polar surface area (TPSA) is 95.2 Å². The predicted octanol–water partition coefficient (Wildman–Crippen LogP) is 6.14. The van der Waals surface area contributed by atoms with Crippen molar-refractivity contribution in [2.45, 2.75) is 37.8 Å². The Morgan fingerprint density at radius 1 is 1.18 bits per heavy atom.